The lowest BCUT2D eigenvalue weighted by Gasteiger charge is -2.37. The third-order valence-corrected chi connectivity index (χ3v) is 3.73. The molecule has 3 nitrogen and oxygen atoms in total. The minimum atomic E-state index is -0.149. The van der Waals surface area contributed by atoms with Crippen molar-refractivity contribution in [2.24, 2.45) is 5.73 Å². The Morgan fingerprint density at radius 3 is 2.69 bits per heavy atom. The fraction of sp³-hybridized carbons (Fsp3) is 0.615. The summed E-state index contributed by atoms with van der Waals surface area (Å²) in [4.78, 5) is 4.60. The van der Waals surface area contributed by atoms with Gasteiger partial charge >= 0.3 is 0 Å². The Morgan fingerprint density at radius 1 is 1.44 bits per heavy atom. The van der Waals surface area contributed by atoms with Crippen molar-refractivity contribution in [3.63, 3.8) is 0 Å². The summed E-state index contributed by atoms with van der Waals surface area (Å²) < 4.78 is 0. The molecule has 3 heteroatoms. The molecule has 1 aromatic heterocycles. The zero-order valence-corrected chi connectivity index (χ0v) is 9.82. The predicted octanol–water partition coefficient (Wildman–Crippen LogP) is 1.52. The molecule has 16 heavy (non-hydrogen) atoms. The van der Waals surface area contributed by atoms with Crippen molar-refractivity contribution < 1.29 is 5.11 Å². The van der Waals surface area contributed by atoms with Gasteiger partial charge in [-0.25, -0.2) is 0 Å². The first-order chi connectivity index (χ1) is 7.66. The minimum Gasteiger partial charge on any atom is -0.393 e. The Labute approximate surface area is 96.7 Å². The van der Waals surface area contributed by atoms with Crippen LogP contribution in [0.5, 0.6) is 0 Å². The average Bonchev–Trinajstić information content (AvgIpc) is 2.31. The van der Waals surface area contributed by atoms with E-state index >= 15 is 0 Å². The van der Waals surface area contributed by atoms with Gasteiger partial charge in [-0.2, -0.15) is 0 Å². The molecule has 0 aromatic carbocycles. The lowest BCUT2D eigenvalue weighted by atomic mass is 9.71. The topological polar surface area (TPSA) is 59.1 Å². The Balaban J connectivity index is 2.28. The molecule has 0 unspecified atom stereocenters. The first kappa shape index (κ1) is 11.6. The Hall–Kier alpha value is -0.930. The van der Waals surface area contributed by atoms with E-state index in [0.717, 1.165) is 37.1 Å². The second-order valence-electron chi connectivity index (χ2n) is 4.88. The number of hydrogen-bond donors (Lipinski definition) is 2. The first-order valence-corrected chi connectivity index (χ1v) is 5.98. The van der Waals surface area contributed by atoms with Crippen molar-refractivity contribution in [3.05, 3.63) is 29.6 Å². The molecule has 1 aliphatic carbocycles. The van der Waals surface area contributed by atoms with Crippen molar-refractivity contribution in [1.82, 2.24) is 4.98 Å². The van der Waals surface area contributed by atoms with Crippen LogP contribution in [0.15, 0.2) is 18.2 Å². The number of nitrogens with two attached hydrogens (primary N) is 1. The SMILES string of the molecule is Cc1cccc(C2(CN)CCC(O)CC2)n1. The van der Waals surface area contributed by atoms with Crippen LogP contribution in [-0.4, -0.2) is 22.7 Å². The van der Waals surface area contributed by atoms with E-state index in [1.54, 1.807) is 0 Å². The molecule has 1 aromatic rings. The molecule has 1 saturated carbocycles. The molecular weight excluding hydrogens is 200 g/mol. The molecule has 0 radical (unpaired) electrons. The standard InChI is InChI=1S/C13H20N2O/c1-10-3-2-4-12(15-10)13(9-14)7-5-11(16)6-8-13/h2-4,11,16H,5-9,14H2,1H3. The lowest BCUT2D eigenvalue weighted by Crippen LogP contribution is -2.40. The zero-order valence-electron chi connectivity index (χ0n) is 9.82. The van der Waals surface area contributed by atoms with Gasteiger partial charge in [0.05, 0.1) is 6.10 Å². The van der Waals surface area contributed by atoms with Crippen molar-refractivity contribution in [3.8, 4) is 0 Å². The smallest absolute Gasteiger partial charge is 0.0541 e. The summed E-state index contributed by atoms with van der Waals surface area (Å²) in [5.41, 5.74) is 8.07. The van der Waals surface area contributed by atoms with Crippen molar-refractivity contribution in [2.75, 3.05) is 6.54 Å². The van der Waals surface area contributed by atoms with Gasteiger partial charge in [-0.3, -0.25) is 4.98 Å². The van der Waals surface area contributed by atoms with E-state index in [1.165, 1.54) is 0 Å². The number of pyridine rings is 1. The zero-order chi connectivity index (χ0) is 11.6. The highest BCUT2D eigenvalue weighted by atomic mass is 16.3. The first-order valence-electron chi connectivity index (χ1n) is 5.98. The van der Waals surface area contributed by atoms with Crippen molar-refractivity contribution in [2.45, 2.75) is 44.1 Å². The minimum absolute atomic E-state index is 0.00868. The molecule has 0 saturated heterocycles. The van der Waals surface area contributed by atoms with Gasteiger partial charge < -0.3 is 10.8 Å². The number of aliphatic hydroxyl groups excluding tert-OH is 1. The number of rotatable bonds is 2. The maximum absolute atomic E-state index is 9.58. The molecule has 88 valence electrons. The predicted molar refractivity (Wildman–Crippen MR) is 64.2 cm³/mol. The molecule has 0 amide bonds. The van der Waals surface area contributed by atoms with Gasteiger partial charge in [0, 0.05) is 23.3 Å². The van der Waals surface area contributed by atoms with Gasteiger partial charge in [-0.15, -0.1) is 0 Å². The Morgan fingerprint density at radius 2 is 2.12 bits per heavy atom. The number of nitrogens with zero attached hydrogens (tertiary/aromatic N) is 1. The molecule has 1 aliphatic rings. The Bertz CT molecular complexity index is 357. The van der Waals surface area contributed by atoms with Crippen LogP contribution in [0.25, 0.3) is 0 Å². The van der Waals surface area contributed by atoms with Crippen LogP contribution in [0.4, 0.5) is 0 Å². The highest BCUT2D eigenvalue weighted by molar-refractivity contribution is 5.21. The fourth-order valence-electron chi connectivity index (χ4n) is 2.56. The molecule has 0 atom stereocenters. The van der Waals surface area contributed by atoms with E-state index in [9.17, 15) is 5.11 Å². The van der Waals surface area contributed by atoms with Gasteiger partial charge in [-0.1, -0.05) is 6.07 Å². The highest BCUT2D eigenvalue weighted by Crippen LogP contribution is 2.37. The van der Waals surface area contributed by atoms with E-state index in [4.69, 9.17) is 5.73 Å². The Kier molecular flexibility index (Phi) is 3.26. The third kappa shape index (κ3) is 2.11. The normalized spacial score (nSPS) is 30.3. The summed E-state index contributed by atoms with van der Waals surface area (Å²) in [7, 11) is 0. The summed E-state index contributed by atoms with van der Waals surface area (Å²) in [6.45, 7) is 2.63. The van der Waals surface area contributed by atoms with E-state index in [0.29, 0.717) is 6.54 Å². The maximum atomic E-state index is 9.58. The van der Waals surface area contributed by atoms with Crippen LogP contribution in [0.1, 0.15) is 37.1 Å². The van der Waals surface area contributed by atoms with Crippen LogP contribution < -0.4 is 5.73 Å². The van der Waals surface area contributed by atoms with E-state index < -0.39 is 0 Å². The lowest BCUT2D eigenvalue weighted by molar-refractivity contribution is 0.0961. The summed E-state index contributed by atoms with van der Waals surface area (Å²) in [6.07, 6.45) is 3.42. The maximum Gasteiger partial charge on any atom is 0.0541 e. The molecule has 2 rings (SSSR count). The fourth-order valence-corrected chi connectivity index (χ4v) is 2.56. The largest absolute Gasteiger partial charge is 0.393 e. The van der Waals surface area contributed by atoms with Crippen LogP contribution >= 0.6 is 0 Å². The van der Waals surface area contributed by atoms with Crippen LogP contribution in [0.2, 0.25) is 0 Å². The van der Waals surface area contributed by atoms with Crippen LogP contribution in [0.3, 0.4) is 0 Å². The average molecular weight is 220 g/mol. The molecule has 1 heterocycles. The van der Waals surface area contributed by atoms with E-state index in [2.05, 4.69) is 11.1 Å². The molecule has 0 aliphatic heterocycles. The summed E-state index contributed by atoms with van der Waals surface area (Å²) in [5, 5.41) is 9.58. The van der Waals surface area contributed by atoms with Crippen LogP contribution in [0, 0.1) is 6.92 Å². The van der Waals surface area contributed by atoms with Crippen molar-refractivity contribution in [1.29, 1.82) is 0 Å². The van der Waals surface area contributed by atoms with Gasteiger partial charge in [-0.05, 0) is 44.7 Å². The molecular formula is C13H20N2O. The number of aryl methyl sites for hydroxylation is 1. The van der Waals surface area contributed by atoms with Gasteiger partial charge in [0.25, 0.3) is 0 Å². The highest BCUT2D eigenvalue weighted by Gasteiger charge is 2.36. The van der Waals surface area contributed by atoms with Crippen LogP contribution in [-0.2, 0) is 5.41 Å². The quantitative estimate of drug-likeness (QED) is 0.794. The summed E-state index contributed by atoms with van der Waals surface area (Å²) in [6, 6.07) is 6.11. The molecule has 3 N–H and O–H groups in total. The molecule has 0 spiro atoms. The molecule has 0 bridgehead atoms. The second kappa shape index (κ2) is 4.52. The number of aliphatic hydroxyl groups is 1. The number of aromatic nitrogens is 1. The van der Waals surface area contributed by atoms with Gasteiger partial charge in [0.2, 0.25) is 0 Å². The van der Waals surface area contributed by atoms with Gasteiger partial charge in [0.15, 0.2) is 0 Å². The number of hydrogen-bond acceptors (Lipinski definition) is 3. The third-order valence-electron chi connectivity index (χ3n) is 3.73. The van der Waals surface area contributed by atoms with Crippen molar-refractivity contribution >= 4 is 0 Å². The summed E-state index contributed by atoms with van der Waals surface area (Å²) in [5.74, 6) is 0. The van der Waals surface area contributed by atoms with Gasteiger partial charge in [0.1, 0.15) is 0 Å². The van der Waals surface area contributed by atoms with E-state index in [1.807, 2.05) is 19.1 Å². The molecule has 1 fully saturated rings. The monoisotopic (exact) mass is 220 g/mol. The summed E-state index contributed by atoms with van der Waals surface area (Å²) >= 11 is 0. The van der Waals surface area contributed by atoms with E-state index in [-0.39, 0.29) is 11.5 Å². The second-order valence-corrected chi connectivity index (χ2v) is 4.88.